The lowest BCUT2D eigenvalue weighted by Gasteiger charge is -2.29. The van der Waals surface area contributed by atoms with Gasteiger partial charge in [0.1, 0.15) is 5.03 Å². The summed E-state index contributed by atoms with van der Waals surface area (Å²) in [5, 5.41) is 15.6. The van der Waals surface area contributed by atoms with Crippen molar-refractivity contribution in [1.29, 1.82) is 0 Å². The number of carbonyl (C=O) groups excluding carboxylic acids is 1. The van der Waals surface area contributed by atoms with E-state index in [1.165, 1.54) is 11.8 Å². The second-order valence-corrected chi connectivity index (χ2v) is 6.73. The van der Waals surface area contributed by atoms with Crippen LogP contribution in [0.5, 0.6) is 0 Å². The molecule has 0 aliphatic rings. The quantitative estimate of drug-likeness (QED) is 0.729. The summed E-state index contributed by atoms with van der Waals surface area (Å²) in [7, 11) is 0. The van der Waals surface area contributed by atoms with E-state index >= 15 is 0 Å². The van der Waals surface area contributed by atoms with Crippen LogP contribution in [0.3, 0.4) is 0 Å². The number of nitrogens with zero attached hydrogens (tertiary/aromatic N) is 1. The zero-order valence-corrected chi connectivity index (χ0v) is 14.5. The third-order valence-electron chi connectivity index (χ3n) is 4.47. The van der Waals surface area contributed by atoms with Crippen LogP contribution >= 0.6 is 11.8 Å². The van der Waals surface area contributed by atoms with Gasteiger partial charge < -0.3 is 10.4 Å². The first-order valence-electron chi connectivity index (χ1n) is 7.98. The van der Waals surface area contributed by atoms with E-state index < -0.39 is 0 Å². The number of hydrogen-bond acceptors (Lipinski definition) is 4. The molecular formula is C18H24N2O2S. The first kappa shape index (κ1) is 17.8. The van der Waals surface area contributed by atoms with Crippen molar-refractivity contribution < 1.29 is 9.90 Å². The van der Waals surface area contributed by atoms with E-state index in [4.69, 9.17) is 0 Å². The number of hydrogen-bond donors (Lipinski definition) is 2. The Balaban J connectivity index is 1.94. The fraction of sp³-hybridized carbons (Fsp3) is 0.444. The summed E-state index contributed by atoms with van der Waals surface area (Å²) >= 11 is 1.45. The SMILES string of the molecule is CCC(CC)(CO)CNC(=O)CSc1nccc2ccccc12. The molecule has 0 saturated heterocycles. The third kappa shape index (κ3) is 4.45. The standard InChI is InChI=1S/C18H24N2O2S/c1-3-18(4-2,13-21)12-20-16(22)11-23-17-15-8-6-5-7-14(15)9-10-19-17/h5-10,21H,3-4,11-13H2,1-2H3,(H,20,22). The zero-order valence-electron chi connectivity index (χ0n) is 13.7. The van der Waals surface area contributed by atoms with Crippen molar-refractivity contribution in [1.82, 2.24) is 10.3 Å². The van der Waals surface area contributed by atoms with Crippen LogP contribution in [0.4, 0.5) is 0 Å². The lowest BCUT2D eigenvalue weighted by atomic mass is 9.83. The summed E-state index contributed by atoms with van der Waals surface area (Å²) < 4.78 is 0. The van der Waals surface area contributed by atoms with Gasteiger partial charge in [0.2, 0.25) is 5.91 Å². The highest BCUT2D eigenvalue weighted by atomic mass is 32.2. The van der Waals surface area contributed by atoms with Gasteiger partial charge in [-0.15, -0.1) is 0 Å². The van der Waals surface area contributed by atoms with Crippen LogP contribution in [0, 0.1) is 5.41 Å². The number of thioether (sulfide) groups is 1. The summed E-state index contributed by atoms with van der Waals surface area (Å²) in [6.07, 6.45) is 3.46. The molecule has 1 amide bonds. The van der Waals surface area contributed by atoms with Crippen LogP contribution in [0.2, 0.25) is 0 Å². The average Bonchev–Trinajstić information content (AvgIpc) is 2.61. The number of pyridine rings is 1. The van der Waals surface area contributed by atoms with Gasteiger partial charge in [0.25, 0.3) is 0 Å². The molecular weight excluding hydrogens is 308 g/mol. The molecule has 0 aliphatic carbocycles. The predicted octanol–water partition coefficient (Wildman–Crippen LogP) is 3.24. The molecule has 0 saturated carbocycles. The predicted molar refractivity (Wildman–Crippen MR) is 95.6 cm³/mol. The van der Waals surface area contributed by atoms with Crippen molar-refractivity contribution in [3.63, 3.8) is 0 Å². The van der Waals surface area contributed by atoms with E-state index in [1.807, 2.05) is 44.2 Å². The summed E-state index contributed by atoms with van der Waals surface area (Å²) in [6, 6.07) is 10.0. The Labute approximate surface area is 141 Å². The molecule has 0 atom stereocenters. The minimum absolute atomic E-state index is 0.0236. The molecule has 0 fully saturated rings. The van der Waals surface area contributed by atoms with Crippen LogP contribution < -0.4 is 5.32 Å². The fourth-order valence-corrected chi connectivity index (χ4v) is 3.30. The molecule has 1 aromatic heterocycles. The highest BCUT2D eigenvalue weighted by Gasteiger charge is 2.25. The van der Waals surface area contributed by atoms with Crippen LogP contribution in [-0.4, -0.2) is 34.9 Å². The molecule has 0 bridgehead atoms. The normalized spacial score (nSPS) is 11.6. The molecule has 1 aromatic carbocycles. The molecule has 4 nitrogen and oxygen atoms in total. The molecule has 124 valence electrons. The summed E-state index contributed by atoms with van der Waals surface area (Å²) in [5.74, 6) is 0.306. The number of aromatic nitrogens is 1. The van der Waals surface area contributed by atoms with E-state index in [0.29, 0.717) is 12.3 Å². The highest BCUT2D eigenvalue weighted by Crippen LogP contribution is 2.26. The smallest absolute Gasteiger partial charge is 0.230 e. The minimum atomic E-state index is -0.210. The van der Waals surface area contributed by atoms with Gasteiger partial charge >= 0.3 is 0 Å². The van der Waals surface area contributed by atoms with Crippen molar-refractivity contribution in [3.05, 3.63) is 36.5 Å². The molecule has 2 aromatic rings. The lowest BCUT2D eigenvalue weighted by Crippen LogP contribution is -2.40. The lowest BCUT2D eigenvalue weighted by molar-refractivity contribution is -0.119. The van der Waals surface area contributed by atoms with Gasteiger partial charge in [-0.1, -0.05) is 49.9 Å². The van der Waals surface area contributed by atoms with Gasteiger partial charge in [-0.3, -0.25) is 4.79 Å². The molecule has 2 rings (SSSR count). The fourth-order valence-electron chi connectivity index (χ4n) is 2.46. The number of aliphatic hydroxyl groups excluding tert-OH is 1. The van der Waals surface area contributed by atoms with Crippen molar-refractivity contribution in [3.8, 4) is 0 Å². The van der Waals surface area contributed by atoms with Crippen molar-refractivity contribution in [2.24, 2.45) is 5.41 Å². The highest BCUT2D eigenvalue weighted by molar-refractivity contribution is 8.00. The number of benzene rings is 1. The Morgan fingerprint density at radius 3 is 2.70 bits per heavy atom. The number of nitrogens with one attached hydrogen (secondary N) is 1. The van der Waals surface area contributed by atoms with Gasteiger partial charge in [-0.25, -0.2) is 4.98 Å². The Kier molecular flexibility index (Phi) is 6.42. The first-order chi connectivity index (χ1) is 11.1. The largest absolute Gasteiger partial charge is 0.396 e. The molecule has 0 unspecified atom stereocenters. The number of fused-ring (bicyclic) bond motifs is 1. The maximum Gasteiger partial charge on any atom is 0.230 e. The first-order valence-corrected chi connectivity index (χ1v) is 8.97. The van der Waals surface area contributed by atoms with Crippen molar-refractivity contribution in [2.45, 2.75) is 31.7 Å². The minimum Gasteiger partial charge on any atom is -0.396 e. The second kappa shape index (κ2) is 8.31. The topological polar surface area (TPSA) is 62.2 Å². The Morgan fingerprint density at radius 1 is 1.26 bits per heavy atom. The summed E-state index contributed by atoms with van der Waals surface area (Å²) in [5.41, 5.74) is -0.210. The van der Waals surface area contributed by atoms with Crippen molar-refractivity contribution in [2.75, 3.05) is 18.9 Å². The van der Waals surface area contributed by atoms with Gasteiger partial charge in [0, 0.05) is 23.5 Å². The monoisotopic (exact) mass is 332 g/mol. The van der Waals surface area contributed by atoms with Crippen molar-refractivity contribution >= 4 is 28.4 Å². The van der Waals surface area contributed by atoms with Crippen LogP contribution in [-0.2, 0) is 4.79 Å². The van der Waals surface area contributed by atoms with E-state index in [1.54, 1.807) is 6.20 Å². The van der Waals surface area contributed by atoms with Gasteiger partial charge in [0.05, 0.1) is 12.4 Å². The van der Waals surface area contributed by atoms with E-state index in [9.17, 15) is 9.90 Å². The van der Waals surface area contributed by atoms with Gasteiger partial charge in [-0.05, 0) is 24.3 Å². The van der Waals surface area contributed by atoms with E-state index in [0.717, 1.165) is 28.6 Å². The molecule has 0 radical (unpaired) electrons. The molecule has 5 heteroatoms. The second-order valence-electron chi connectivity index (χ2n) is 5.77. The number of rotatable bonds is 8. The van der Waals surface area contributed by atoms with Gasteiger partial charge in [0.15, 0.2) is 0 Å². The van der Waals surface area contributed by atoms with Gasteiger partial charge in [-0.2, -0.15) is 0 Å². The zero-order chi connectivity index (χ0) is 16.7. The summed E-state index contributed by atoms with van der Waals surface area (Å²) in [6.45, 7) is 4.69. The maximum atomic E-state index is 12.1. The van der Waals surface area contributed by atoms with E-state index in [2.05, 4.69) is 10.3 Å². The molecule has 23 heavy (non-hydrogen) atoms. The van der Waals surface area contributed by atoms with Crippen LogP contribution in [0.15, 0.2) is 41.6 Å². The van der Waals surface area contributed by atoms with Crippen LogP contribution in [0.1, 0.15) is 26.7 Å². The number of aliphatic hydroxyl groups is 1. The number of amides is 1. The third-order valence-corrected chi connectivity index (χ3v) is 5.48. The average molecular weight is 332 g/mol. The molecule has 2 N–H and O–H groups in total. The molecule has 0 aliphatic heterocycles. The Morgan fingerprint density at radius 2 is 2.00 bits per heavy atom. The Hall–Kier alpha value is -1.59. The summed E-state index contributed by atoms with van der Waals surface area (Å²) in [4.78, 5) is 16.5. The number of carbonyl (C=O) groups is 1. The van der Waals surface area contributed by atoms with Crippen LogP contribution in [0.25, 0.3) is 10.8 Å². The maximum absolute atomic E-state index is 12.1. The molecule has 0 spiro atoms. The Bertz CT molecular complexity index is 643. The van der Waals surface area contributed by atoms with E-state index in [-0.39, 0.29) is 17.9 Å². The molecule has 1 heterocycles.